The van der Waals surface area contributed by atoms with Crippen LogP contribution in [0.1, 0.15) is 44.3 Å². The van der Waals surface area contributed by atoms with E-state index < -0.39 is 17.5 Å². The number of nitrogens with one attached hydrogen (secondary N) is 2. The molecule has 1 aliphatic carbocycles. The lowest BCUT2D eigenvalue weighted by Crippen LogP contribution is -2.59. The fourth-order valence-electron chi connectivity index (χ4n) is 2.81. The highest BCUT2D eigenvalue weighted by Gasteiger charge is 2.43. The molecule has 0 saturated heterocycles. The van der Waals surface area contributed by atoms with Gasteiger partial charge in [-0.05, 0) is 25.7 Å². The van der Waals surface area contributed by atoms with Crippen molar-refractivity contribution in [3.8, 4) is 0 Å². The van der Waals surface area contributed by atoms with E-state index in [0.29, 0.717) is 24.5 Å². The van der Waals surface area contributed by atoms with Crippen molar-refractivity contribution in [1.82, 2.24) is 15.6 Å². The fourth-order valence-corrected chi connectivity index (χ4v) is 2.81. The van der Waals surface area contributed by atoms with E-state index in [1.54, 1.807) is 13.1 Å². The zero-order valence-electron chi connectivity index (χ0n) is 12.3. The summed E-state index contributed by atoms with van der Waals surface area (Å²) in [6.45, 7) is 3.90. The van der Waals surface area contributed by atoms with Gasteiger partial charge in [-0.15, -0.1) is 0 Å². The lowest BCUT2D eigenvalue weighted by molar-refractivity contribution is -0.146. The maximum atomic E-state index is 12.0. The van der Waals surface area contributed by atoms with Crippen molar-refractivity contribution in [3.05, 3.63) is 17.8 Å². The Morgan fingerprint density at radius 2 is 2.33 bits per heavy atom. The molecule has 2 atom stereocenters. The van der Waals surface area contributed by atoms with Crippen LogP contribution in [0.5, 0.6) is 0 Å². The Hall–Kier alpha value is -2.05. The predicted molar refractivity (Wildman–Crippen MR) is 74.6 cm³/mol. The van der Waals surface area contributed by atoms with Crippen molar-refractivity contribution in [2.75, 3.05) is 0 Å². The van der Waals surface area contributed by atoms with Gasteiger partial charge in [0.2, 0.25) is 5.89 Å². The monoisotopic (exact) mass is 295 g/mol. The number of carboxylic acid groups (broad SMARTS) is 1. The topological polar surface area (TPSA) is 104 Å². The second-order valence-electron chi connectivity index (χ2n) is 5.76. The van der Waals surface area contributed by atoms with Crippen molar-refractivity contribution in [2.45, 2.75) is 51.6 Å². The van der Waals surface area contributed by atoms with Gasteiger partial charge < -0.3 is 20.2 Å². The number of carboxylic acids is 1. The number of carbonyl (C=O) groups is 2. The highest BCUT2D eigenvalue weighted by molar-refractivity contribution is 5.86. The lowest BCUT2D eigenvalue weighted by Gasteiger charge is -2.36. The average molecular weight is 295 g/mol. The summed E-state index contributed by atoms with van der Waals surface area (Å²) in [6, 6.07) is -0.512. The molecule has 1 fully saturated rings. The summed E-state index contributed by atoms with van der Waals surface area (Å²) in [5, 5.41) is 14.7. The smallest absolute Gasteiger partial charge is 0.329 e. The van der Waals surface area contributed by atoms with Gasteiger partial charge in [0.15, 0.2) is 0 Å². The SMILES string of the molecule is Cc1cnc(CNC(=O)NC2(C(=O)O)CCCC(C)C2)o1. The van der Waals surface area contributed by atoms with Crippen LogP contribution in [0.3, 0.4) is 0 Å². The Kier molecular flexibility index (Phi) is 4.50. The molecule has 7 heteroatoms. The van der Waals surface area contributed by atoms with E-state index >= 15 is 0 Å². The second-order valence-corrected chi connectivity index (χ2v) is 5.76. The number of aliphatic carboxylic acids is 1. The van der Waals surface area contributed by atoms with Gasteiger partial charge in [0.05, 0.1) is 12.7 Å². The van der Waals surface area contributed by atoms with Crippen LogP contribution in [0.25, 0.3) is 0 Å². The molecule has 7 nitrogen and oxygen atoms in total. The molecular formula is C14H21N3O4. The molecule has 1 aromatic rings. The minimum Gasteiger partial charge on any atom is -0.480 e. The number of amides is 2. The van der Waals surface area contributed by atoms with Crippen LogP contribution in [0.4, 0.5) is 4.79 Å². The Morgan fingerprint density at radius 1 is 1.57 bits per heavy atom. The molecule has 2 rings (SSSR count). The summed E-state index contributed by atoms with van der Waals surface area (Å²) in [7, 11) is 0. The molecule has 1 saturated carbocycles. The zero-order valence-corrected chi connectivity index (χ0v) is 12.3. The molecule has 0 aliphatic heterocycles. The molecule has 116 valence electrons. The summed E-state index contributed by atoms with van der Waals surface area (Å²) in [5.41, 5.74) is -1.17. The third kappa shape index (κ3) is 3.74. The number of aromatic nitrogens is 1. The third-order valence-electron chi connectivity index (χ3n) is 3.83. The summed E-state index contributed by atoms with van der Waals surface area (Å²) >= 11 is 0. The molecule has 0 bridgehead atoms. The molecule has 1 heterocycles. The van der Waals surface area contributed by atoms with Gasteiger partial charge in [-0.2, -0.15) is 0 Å². The van der Waals surface area contributed by atoms with Crippen LogP contribution in [0.2, 0.25) is 0 Å². The molecule has 2 unspecified atom stereocenters. The molecule has 21 heavy (non-hydrogen) atoms. The van der Waals surface area contributed by atoms with E-state index in [2.05, 4.69) is 15.6 Å². The molecule has 1 aromatic heterocycles. The summed E-state index contributed by atoms with van der Waals surface area (Å²) in [4.78, 5) is 27.5. The second kappa shape index (κ2) is 6.15. The fraction of sp³-hybridized carbons (Fsp3) is 0.643. The van der Waals surface area contributed by atoms with Crippen molar-refractivity contribution in [3.63, 3.8) is 0 Å². The first-order valence-corrected chi connectivity index (χ1v) is 7.12. The first-order chi connectivity index (χ1) is 9.91. The van der Waals surface area contributed by atoms with Crippen LogP contribution in [0.15, 0.2) is 10.6 Å². The molecule has 0 spiro atoms. The van der Waals surface area contributed by atoms with Crippen LogP contribution in [-0.2, 0) is 11.3 Å². The Bertz CT molecular complexity index is 528. The van der Waals surface area contributed by atoms with Crippen LogP contribution in [-0.4, -0.2) is 27.6 Å². The Morgan fingerprint density at radius 3 is 2.90 bits per heavy atom. The molecular weight excluding hydrogens is 274 g/mol. The van der Waals surface area contributed by atoms with Crippen LogP contribution >= 0.6 is 0 Å². The Balaban J connectivity index is 1.94. The van der Waals surface area contributed by atoms with Crippen molar-refractivity contribution in [2.24, 2.45) is 5.92 Å². The van der Waals surface area contributed by atoms with Gasteiger partial charge in [-0.25, -0.2) is 14.6 Å². The molecule has 2 amide bonds. The molecule has 0 aromatic carbocycles. The van der Waals surface area contributed by atoms with Gasteiger partial charge in [0, 0.05) is 0 Å². The standard InChI is InChI=1S/C14H21N3O4/c1-9-4-3-5-14(6-9,12(18)19)17-13(20)16-8-11-15-7-10(2)21-11/h7,9H,3-6,8H2,1-2H3,(H,18,19)(H2,16,17,20). The lowest BCUT2D eigenvalue weighted by atomic mass is 9.76. The van der Waals surface area contributed by atoms with E-state index in [-0.39, 0.29) is 12.5 Å². The third-order valence-corrected chi connectivity index (χ3v) is 3.83. The largest absolute Gasteiger partial charge is 0.480 e. The predicted octanol–water partition coefficient (Wildman–Crippen LogP) is 1.82. The number of hydrogen-bond donors (Lipinski definition) is 3. The molecule has 3 N–H and O–H groups in total. The highest BCUT2D eigenvalue weighted by Crippen LogP contribution is 2.32. The molecule has 1 aliphatic rings. The number of aryl methyl sites for hydroxylation is 1. The van der Waals surface area contributed by atoms with E-state index in [9.17, 15) is 14.7 Å². The van der Waals surface area contributed by atoms with Gasteiger partial charge in [0.1, 0.15) is 11.3 Å². The minimum absolute atomic E-state index is 0.130. The van der Waals surface area contributed by atoms with E-state index in [1.807, 2.05) is 6.92 Å². The number of nitrogens with zero attached hydrogens (tertiary/aromatic N) is 1. The van der Waals surface area contributed by atoms with Crippen molar-refractivity contribution < 1.29 is 19.1 Å². The van der Waals surface area contributed by atoms with Gasteiger partial charge in [-0.1, -0.05) is 19.8 Å². The van der Waals surface area contributed by atoms with Gasteiger partial charge in [0.25, 0.3) is 0 Å². The average Bonchev–Trinajstić information content (AvgIpc) is 2.82. The number of rotatable bonds is 4. The normalized spacial score (nSPS) is 25.3. The first kappa shape index (κ1) is 15.3. The van der Waals surface area contributed by atoms with E-state index in [4.69, 9.17) is 4.42 Å². The van der Waals surface area contributed by atoms with Gasteiger partial charge >= 0.3 is 12.0 Å². The summed E-state index contributed by atoms with van der Waals surface area (Å²) < 4.78 is 5.24. The number of hydrogen-bond acceptors (Lipinski definition) is 4. The van der Waals surface area contributed by atoms with E-state index in [1.165, 1.54) is 0 Å². The van der Waals surface area contributed by atoms with Gasteiger partial charge in [-0.3, -0.25) is 0 Å². The van der Waals surface area contributed by atoms with E-state index in [0.717, 1.165) is 12.8 Å². The number of urea groups is 1. The minimum atomic E-state index is -1.17. The Labute approximate surface area is 123 Å². The van der Waals surface area contributed by atoms with Crippen LogP contribution in [0, 0.1) is 12.8 Å². The quantitative estimate of drug-likeness (QED) is 0.786. The summed E-state index contributed by atoms with van der Waals surface area (Å²) in [6.07, 6.45) is 4.27. The van der Waals surface area contributed by atoms with Crippen molar-refractivity contribution >= 4 is 12.0 Å². The highest BCUT2D eigenvalue weighted by atomic mass is 16.4. The zero-order chi connectivity index (χ0) is 15.5. The maximum absolute atomic E-state index is 12.0. The number of carbonyl (C=O) groups excluding carboxylic acids is 1. The first-order valence-electron chi connectivity index (χ1n) is 7.12. The molecule has 0 radical (unpaired) electrons. The van der Waals surface area contributed by atoms with Crippen molar-refractivity contribution in [1.29, 1.82) is 0 Å². The number of oxazole rings is 1. The summed E-state index contributed by atoms with van der Waals surface area (Å²) in [5.74, 6) is 0.361. The van der Waals surface area contributed by atoms with Crippen LogP contribution < -0.4 is 10.6 Å². The maximum Gasteiger partial charge on any atom is 0.329 e.